The van der Waals surface area contributed by atoms with Crippen molar-refractivity contribution in [2.24, 2.45) is 0 Å². The molecule has 0 saturated carbocycles. The summed E-state index contributed by atoms with van der Waals surface area (Å²) >= 11 is 5.95. The van der Waals surface area contributed by atoms with Crippen molar-refractivity contribution in [1.82, 2.24) is 9.97 Å². The summed E-state index contributed by atoms with van der Waals surface area (Å²) < 4.78 is 5.36. The number of nitrogens with zero attached hydrogens (tertiary/aromatic N) is 3. The van der Waals surface area contributed by atoms with Gasteiger partial charge in [0, 0.05) is 17.8 Å². The first kappa shape index (κ1) is 20.4. The first-order valence-electron chi connectivity index (χ1n) is 8.31. The third kappa shape index (κ3) is 5.28. The van der Waals surface area contributed by atoms with E-state index in [1.54, 1.807) is 39.1 Å². The molecule has 0 fully saturated rings. The van der Waals surface area contributed by atoms with Gasteiger partial charge in [0.2, 0.25) is 5.28 Å². The van der Waals surface area contributed by atoms with Gasteiger partial charge >= 0.3 is 6.09 Å². The molecular formula is C20H21ClN4O2. The number of aromatic nitrogens is 2. The van der Waals surface area contributed by atoms with Gasteiger partial charge in [-0.1, -0.05) is 0 Å². The molecule has 1 amide bonds. The van der Waals surface area contributed by atoms with E-state index in [-0.39, 0.29) is 5.28 Å². The first-order valence-corrected chi connectivity index (χ1v) is 8.69. The maximum absolute atomic E-state index is 12.3. The van der Waals surface area contributed by atoms with Crippen molar-refractivity contribution in [3.63, 3.8) is 0 Å². The summed E-state index contributed by atoms with van der Waals surface area (Å²) in [6.45, 7) is 9.15. The molecule has 1 heterocycles. The predicted octanol–water partition coefficient (Wildman–Crippen LogP) is 5.30. The van der Waals surface area contributed by atoms with Crippen LogP contribution in [0.15, 0.2) is 24.4 Å². The van der Waals surface area contributed by atoms with Gasteiger partial charge in [0.05, 0.1) is 17.5 Å². The molecule has 1 aromatic heterocycles. The highest BCUT2D eigenvalue weighted by atomic mass is 35.5. The Morgan fingerprint density at radius 1 is 1.37 bits per heavy atom. The summed E-state index contributed by atoms with van der Waals surface area (Å²) in [5.41, 5.74) is 3.77. The highest BCUT2D eigenvalue weighted by Gasteiger charge is 2.20. The van der Waals surface area contributed by atoms with Gasteiger partial charge in [0.25, 0.3) is 0 Å². The number of anilines is 1. The monoisotopic (exact) mass is 384 g/mol. The molecule has 0 spiro atoms. The van der Waals surface area contributed by atoms with Crippen LogP contribution in [-0.4, -0.2) is 21.7 Å². The Balaban J connectivity index is 2.61. The third-order valence-electron chi connectivity index (χ3n) is 3.65. The highest BCUT2D eigenvalue weighted by molar-refractivity contribution is 6.28. The lowest BCUT2D eigenvalue weighted by atomic mass is 9.93. The van der Waals surface area contributed by atoms with E-state index in [1.165, 1.54) is 6.08 Å². The van der Waals surface area contributed by atoms with Gasteiger partial charge in [-0.05, 0) is 81.1 Å². The molecule has 2 aromatic rings. The van der Waals surface area contributed by atoms with Crippen molar-refractivity contribution < 1.29 is 9.53 Å². The van der Waals surface area contributed by atoms with Crippen LogP contribution in [0.25, 0.3) is 17.3 Å². The van der Waals surface area contributed by atoms with E-state index in [0.717, 1.165) is 22.3 Å². The second-order valence-corrected chi connectivity index (χ2v) is 7.30. The van der Waals surface area contributed by atoms with E-state index in [0.29, 0.717) is 11.4 Å². The highest BCUT2D eigenvalue weighted by Crippen LogP contribution is 2.35. The summed E-state index contributed by atoms with van der Waals surface area (Å²) in [6.07, 6.45) is 4.10. The fraction of sp³-hybridized carbons (Fsp3) is 0.300. The maximum Gasteiger partial charge on any atom is 0.412 e. The standard InChI is InChI=1S/C20H21ClN4O2/c1-12-11-14(7-6-9-22)16(15-8-10-23-18(21)24-15)13(2)17(12)25-19(26)27-20(3,4)5/h6-8,10-11H,1-5H3,(H,25,26)/b7-6+. The lowest BCUT2D eigenvalue weighted by Gasteiger charge is -2.22. The zero-order chi connectivity index (χ0) is 20.2. The molecule has 0 radical (unpaired) electrons. The van der Waals surface area contributed by atoms with Crippen molar-refractivity contribution in [3.05, 3.63) is 46.4 Å². The Bertz CT molecular complexity index is 940. The number of rotatable bonds is 3. The number of hydrogen-bond donors (Lipinski definition) is 1. The number of allylic oxidation sites excluding steroid dienone is 1. The predicted molar refractivity (Wildman–Crippen MR) is 106 cm³/mol. The number of halogens is 1. The van der Waals surface area contributed by atoms with E-state index in [4.69, 9.17) is 21.6 Å². The van der Waals surface area contributed by atoms with E-state index in [1.807, 2.05) is 26.0 Å². The molecular weight excluding hydrogens is 364 g/mol. The number of benzene rings is 1. The smallest absolute Gasteiger partial charge is 0.412 e. The van der Waals surface area contributed by atoms with E-state index in [2.05, 4.69) is 15.3 Å². The average molecular weight is 385 g/mol. The first-order chi connectivity index (χ1) is 12.6. The summed E-state index contributed by atoms with van der Waals surface area (Å²) in [5.74, 6) is 0. The molecule has 0 aliphatic heterocycles. The number of nitrogens with one attached hydrogen (secondary N) is 1. The molecule has 1 aromatic carbocycles. The zero-order valence-electron chi connectivity index (χ0n) is 15.9. The minimum atomic E-state index is -0.607. The van der Waals surface area contributed by atoms with Crippen molar-refractivity contribution >= 4 is 29.5 Å². The normalized spacial score (nSPS) is 11.3. The van der Waals surface area contributed by atoms with Crippen LogP contribution >= 0.6 is 11.6 Å². The number of nitriles is 1. The third-order valence-corrected chi connectivity index (χ3v) is 3.83. The summed E-state index contributed by atoms with van der Waals surface area (Å²) in [7, 11) is 0. The van der Waals surface area contributed by atoms with Crippen LogP contribution in [-0.2, 0) is 4.74 Å². The van der Waals surface area contributed by atoms with Crippen LogP contribution in [0.3, 0.4) is 0 Å². The Hall–Kier alpha value is -2.91. The van der Waals surface area contributed by atoms with Gasteiger partial charge in [-0.15, -0.1) is 0 Å². The molecule has 0 aliphatic rings. The number of carbonyl (C=O) groups excluding carboxylic acids is 1. The maximum atomic E-state index is 12.3. The average Bonchev–Trinajstić information content (AvgIpc) is 2.55. The number of ether oxygens (including phenoxy) is 1. The molecule has 27 heavy (non-hydrogen) atoms. The Kier molecular flexibility index (Phi) is 6.19. The fourth-order valence-electron chi connectivity index (χ4n) is 2.69. The summed E-state index contributed by atoms with van der Waals surface area (Å²) in [4.78, 5) is 20.4. The lowest BCUT2D eigenvalue weighted by molar-refractivity contribution is 0.0635. The topological polar surface area (TPSA) is 87.9 Å². The van der Waals surface area contributed by atoms with E-state index >= 15 is 0 Å². The van der Waals surface area contributed by atoms with Gasteiger partial charge in [-0.2, -0.15) is 5.26 Å². The molecule has 2 rings (SSSR count). The van der Waals surface area contributed by atoms with Crippen LogP contribution in [0.4, 0.5) is 10.5 Å². The number of hydrogen-bond acceptors (Lipinski definition) is 5. The van der Waals surface area contributed by atoms with Crippen LogP contribution < -0.4 is 5.32 Å². The summed E-state index contributed by atoms with van der Waals surface area (Å²) in [6, 6.07) is 5.59. The number of carbonyl (C=O) groups is 1. The molecule has 140 valence electrons. The minimum absolute atomic E-state index is 0.115. The zero-order valence-corrected chi connectivity index (χ0v) is 16.7. The Labute approximate surface area is 163 Å². The number of aryl methyl sites for hydroxylation is 1. The van der Waals surface area contributed by atoms with Crippen molar-refractivity contribution in [2.75, 3.05) is 5.32 Å². The molecule has 0 bridgehead atoms. The van der Waals surface area contributed by atoms with Gasteiger partial charge in [-0.3, -0.25) is 5.32 Å². The Morgan fingerprint density at radius 3 is 2.67 bits per heavy atom. The summed E-state index contributed by atoms with van der Waals surface area (Å²) in [5, 5.41) is 11.8. The SMILES string of the molecule is Cc1cc(/C=C/C#N)c(-c2ccnc(Cl)n2)c(C)c1NC(=O)OC(C)(C)C. The molecule has 7 heteroatoms. The molecule has 0 unspecified atom stereocenters. The Morgan fingerprint density at radius 2 is 2.07 bits per heavy atom. The second kappa shape index (κ2) is 8.19. The molecule has 0 atom stereocenters. The van der Waals surface area contributed by atoms with Gasteiger partial charge in [0.1, 0.15) is 5.60 Å². The lowest BCUT2D eigenvalue weighted by Crippen LogP contribution is -2.27. The van der Waals surface area contributed by atoms with Gasteiger partial charge in [-0.25, -0.2) is 14.8 Å². The van der Waals surface area contributed by atoms with Crippen molar-refractivity contribution in [3.8, 4) is 17.3 Å². The van der Waals surface area contributed by atoms with E-state index in [9.17, 15) is 4.79 Å². The second-order valence-electron chi connectivity index (χ2n) is 6.96. The number of amides is 1. The quantitative estimate of drug-likeness (QED) is 0.573. The largest absolute Gasteiger partial charge is 0.444 e. The van der Waals surface area contributed by atoms with Crippen LogP contribution in [0, 0.1) is 25.2 Å². The van der Waals surface area contributed by atoms with Crippen molar-refractivity contribution in [2.45, 2.75) is 40.2 Å². The van der Waals surface area contributed by atoms with Crippen LogP contribution in [0.1, 0.15) is 37.5 Å². The van der Waals surface area contributed by atoms with Gasteiger partial charge in [0.15, 0.2) is 0 Å². The molecule has 6 nitrogen and oxygen atoms in total. The fourth-order valence-corrected chi connectivity index (χ4v) is 2.83. The van der Waals surface area contributed by atoms with Gasteiger partial charge < -0.3 is 4.74 Å². The van der Waals surface area contributed by atoms with Crippen LogP contribution in [0.2, 0.25) is 5.28 Å². The van der Waals surface area contributed by atoms with Crippen molar-refractivity contribution in [1.29, 1.82) is 5.26 Å². The van der Waals surface area contributed by atoms with Crippen LogP contribution in [0.5, 0.6) is 0 Å². The molecule has 0 saturated heterocycles. The molecule has 0 aliphatic carbocycles. The molecule has 1 N–H and O–H groups in total. The minimum Gasteiger partial charge on any atom is -0.444 e. The van der Waals surface area contributed by atoms with E-state index < -0.39 is 11.7 Å².